The zero-order valence-electron chi connectivity index (χ0n) is 14.6. The monoisotopic (exact) mass is 327 g/mol. The van der Waals surface area contributed by atoms with E-state index in [4.69, 9.17) is 4.74 Å². The fraction of sp³-hybridized carbons (Fsp3) is 0.450. The third kappa shape index (κ3) is 3.24. The summed E-state index contributed by atoms with van der Waals surface area (Å²) in [5.41, 5.74) is 2.16. The Bertz CT molecular complexity index is 757. The second-order valence-corrected chi connectivity index (χ2v) is 6.93. The topological polar surface area (TPSA) is 49.8 Å². The van der Waals surface area contributed by atoms with Crippen molar-refractivity contribution in [2.24, 2.45) is 0 Å². The first-order valence-electron chi connectivity index (χ1n) is 8.48. The van der Waals surface area contributed by atoms with Crippen molar-refractivity contribution in [2.75, 3.05) is 21.2 Å². The van der Waals surface area contributed by atoms with Crippen LogP contribution < -0.4 is 4.74 Å². The molecule has 1 aliphatic rings. The van der Waals surface area contributed by atoms with Crippen molar-refractivity contribution in [1.82, 2.24) is 4.90 Å². The van der Waals surface area contributed by atoms with Gasteiger partial charge < -0.3 is 14.7 Å². The Morgan fingerprint density at radius 3 is 2.54 bits per heavy atom. The van der Waals surface area contributed by atoms with Crippen LogP contribution in [-0.2, 0) is 11.3 Å². The predicted octanol–water partition coefficient (Wildman–Crippen LogP) is 3.84. The maximum absolute atomic E-state index is 11.6. The van der Waals surface area contributed by atoms with Gasteiger partial charge in [-0.25, -0.2) is 0 Å². The number of rotatable bonds is 4. The molecule has 4 heteroatoms. The molecule has 0 aliphatic heterocycles. The first-order chi connectivity index (χ1) is 11.5. The SMILES string of the molecule is COc1ccc2cc(C3CCC(=O)CC3)c(CN(C)C)c(O)c2c1. The van der Waals surface area contributed by atoms with Crippen LogP contribution in [0.2, 0.25) is 0 Å². The molecule has 1 saturated carbocycles. The number of methoxy groups -OCH3 is 1. The number of ketones is 1. The third-order valence-corrected chi connectivity index (χ3v) is 4.92. The molecular weight excluding hydrogens is 302 g/mol. The fourth-order valence-corrected chi connectivity index (χ4v) is 3.64. The van der Waals surface area contributed by atoms with Gasteiger partial charge in [0.05, 0.1) is 7.11 Å². The van der Waals surface area contributed by atoms with Crippen molar-refractivity contribution in [2.45, 2.75) is 38.1 Å². The molecular formula is C20H25NO3. The van der Waals surface area contributed by atoms with E-state index in [1.54, 1.807) is 7.11 Å². The molecule has 0 unspecified atom stereocenters. The largest absolute Gasteiger partial charge is 0.507 e. The van der Waals surface area contributed by atoms with Crippen LogP contribution in [0.5, 0.6) is 11.5 Å². The molecule has 4 nitrogen and oxygen atoms in total. The lowest BCUT2D eigenvalue weighted by Crippen LogP contribution is -2.17. The lowest BCUT2D eigenvalue weighted by molar-refractivity contribution is -0.120. The minimum Gasteiger partial charge on any atom is -0.507 e. The third-order valence-electron chi connectivity index (χ3n) is 4.92. The Hall–Kier alpha value is -2.07. The second kappa shape index (κ2) is 6.81. The van der Waals surface area contributed by atoms with Crippen molar-refractivity contribution < 1.29 is 14.6 Å². The Balaban J connectivity index is 2.13. The molecule has 0 bridgehead atoms. The molecule has 24 heavy (non-hydrogen) atoms. The number of carbonyl (C=O) groups is 1. The maximum atomic E-state index is 11.6. The van der Waals surface area contributed by atoms with Crippen LogP contribution in [0, 0.1) is 0 Å². The van der Waals surface area contributed by atoms with Crippen molar-refractivity contribution in [3.05, 3.63) is 35.4 Å². The van der Waals surface area contributed by atoms with Crippen LogP contribution in [0.25, 0.3) is 10.8 Å². The van der Waals surface area contributed by atoms with Crippen molar-refractivity contribution in [1.29, 1.82) is 0 Å². The number of hydrogen-bond donors (Lipinski definition) is 1. The Labute approximate surface area is 143 Å². The fourth-order valence-electron chi connectivity index (χ4n) is 3.64. The number of Topliss-reactive ketones (excluding diaryl/α,β-unsaturated/α-hetero) is 1. The van der Waals surface area contributed by atoms with Gasteiger partial charge in [0.15, 0.2) is 0 Å². The van der Waals surface area contributed by atoms with Crippen LogP contribution in [0.3, 0.4) is 0 Å². The summed E-state index contributed by atoms with van der Waals surface area (Å²) >= 11 is 0. The molecule has 0 saturated heterocycles. The summed E-state index contributed by atoms with van der Waals surface area (Å²) in [6.45, 7) is 0.679. The number of ether oxygens (including phenoxy) is 1. The van der Waals surface area contributed by atoms with Gasteiger partial charge in [-0.15, -0.1) is 0 Å². The number of benzene rings is 2. The molecule has 1 N–H and O–H groups in total. The summed E-state index contributed by atoms with van der Waals surface area (Å²) in [6, 6.07) is 7.98. The lowest BCUT2D eigenvalue weighted by atomic mass is 9.80. The Kier molecular flexibility index (Phi) is 4.76. The molecule has 0 atom stereocenters. The summed E-state index contributed by atoms with van der Waals surface area (Å²) in [5.74, 6) is 1.78. The molecule has 128 valence electrons. The van der Waals surface area contributed by atoms with Crippen LogP contribution in [-0.4, -0.2) is 37.0 Å². The van der Waals surface area contributed by atoms with Gasteiger partial charge in [0.1, 0.15) is 17.3 Å². The van der Waals surface area contributed by atoms with Gasteiger partial charge >= 0.3 is 0 Å². The van der Waals surface area contributed by atoms with Crippen LogP contribution >= 0.6 is 0 Å². The number of phenolic OH excluding ortho intramolecular Hbond substituents is 1. The van der Waals surface area contributed by atoms with E-state index in [0.29, 0.717) is 36.8 Å². The highest BCUT2D eigenvalue weighted by Crippen LogP contribution is 2.41. The minimum atomic E-state index is 0.340. The van der Waals surface area contributed by atoms with Gasteiger partial charge in [0.2, 0.25) is 0 Å². The van der Waals surface area contributed by atoms with Crippen LogP contribution in [0.1, 0.15) is 42.7 Å². The maximum Gasteiger partial charge on any atom is 0.132 e. The van der Waals surface area contributed by atoms with Crippen LogP contribution in [0.15, 0.2) is 24.3 Å². The Morgan fingerprint density at radius 1 is 1.21 bits per heavy atom. The molecule has 0 radical (unpaired) electrons. The summed E-state index contributed by atoms with van der Waals surface area (Å²) < 4.78 is 5.30. The van der Waals surface area contributed by atoms with Gasteiger partial charge in [-0.05, 0) is 55.9 Å². The lowest BCUT2D eigenvalue weighted by Gasteiger charge is -2.26. The first-order valence-corrected chi connectivity index (χ1v) is 8.48. The highest BCUT2D eigenvalue weighted by molar-refractivity contribution is 5.91. The number of carbonyl (C=O) groups excluding carboxylic acids is 1. The van der Waals surface area contributed by atoms with E-state index in [1.165, 1.54) is 5.56 Å². The van der Waals surface area contributed by atoms with E-state index in [9.17, 15) is 9.90 Å². The second-order valence-electron chi connectivity index (χ2n) is 6.93. The Morgan fingerprint density at radius 2 is 1.92 bits per heavy atom. The molecule has 2 aromatic carbocycles. The van der Waals surface area contributed by atoms with Gasteiger partial charge in [0.25, 0.3) is 0 Å². The summed E-state index contributed by atoms with van der Waals surface area (Å²) in [5, 5.41) is 12.8. The molecule has 0 heterocycles. The molecule has 0 amide bonds. The van der Waals surface area contributed by atoms with Gasteiger partial charge in [0, 0.05) is 30.3 Å². The van der Waals surface area contributed by atoms with Gasteiger partial charge in [-0.3, -0.25) is 4.79 Å². The quantitative estimate of drug-likeness (QED) is 0.927. The standard InChI is InChI=1S/C20H25NO3/c1-21(2)12-19-17(13-4-7-15(22)8-5-13)10-14-6-9-16(24-3)11-18(14)20(19)23/h6,9-11,13,23H,4-5,7-8,12H2,1-3H3. The predicted molar refractivity (Wildman–Crippen MR) is 95.8 cm³/mol. The van der Waals surface area contributed by atoms with Crippen molar-refractivity contribution in [3.8, 4) is 11.5 Å². The zero-order valence-corrected chi connectivity index (χ0v) is 14.6. The van der Waals surface area contributed by atoms with E-state index in [1.807, 2.05) is 32.3 Å². The van der Waals surface area contributed by atoms with E-state index in [-0.39, 0.29) is 0 Å². The summed E-state index contributed by atoms with van der Waals surface area (Å²) in [4.78, 5) is 13.6. The van der Waals surface area contributed by atoms with E-state index >= 15 is 0 Å². The number of phenols is 1. The van der Waals surface area contributed by atoms with E-state index < -0.39 is 0 Å². The highest BCUT2D eigenvalue weighted by Gasteiger charge is 2.25. The molecule has 0 spiro atoms. The molecule has 2 aromatic rings. The number of fused-ring (bicyclic) bond motifs is 1. The number of hydrogen-bond acceptors (Lipinski definition) is 4. The first kappa shape index (κ1) is 16.8. The average Bonchev–Trinajstić information content (AvgIpc) is 2.57. The van der Waals surface area contributed by atoms with Crippen LogP contribution in [0.4, 0.5) is 0 Å². The summed E-state index contributed by atoms with van der Waals surface area (Å²) in [7, 11) is 5.64. The van der Waals surface area contributed by atoms with Gasteiger partial charge in [-0.2, -0.15) is 0 Å². The normalized spacial score (nSPS) is 16.1. The van der Waals surface area contributed by atoms with Gasteiger partial charge in [-0.1, -0.05) is 12.1 Å². The average molecular weight is 327 g/mol. The molecule has 0 aromatic heterocycles. The molecule has 1 fully saturated rings. The minimum absolute atomic E-state index is 0.340. The smallest absolute Gasteiger partial charge is 0.132 e. The number of aromatic hydroxyl groups is 1. The zero-order chi connectivity index (χ0) is 17.3. The van der Waals surface area contributed by atoms with Crippen molar-refractivity contribution >= 4 is 16.6 Å². The summed E-state index contributed by atoms with van der Waals surface area (Å²) in [6.07, 6.45) is 3.04. The number of nitrogens with zero attached hydrogens (tertiary/aromatic N) is 1. The molecule has 1 aliphatic carbocycles. The van der Waals surface area contributed by atoms with E-state index in [0.717, 1.165) is 34.9 Å². The van der Waals surface area contributed by atoms with E-state index in [2.05, 4.69) is 11.0 Å². The molecule has 3 rings (SSSR count). The van der Waals surface area contributed by atoms with Crippen molar-refractivity contribution in [3.63, 3.8) is 0 Å². The highest BCUT2D eigenvalue weighted by atomic mass is 16.5.